The summed E-state index contributed by atoms with van der Waals surface area (Å²) in [6.07, 6.45) is 26.4. The van der Waals surface area contributed by atoms with Crippen molar-refractivity contribution < 1.29 is 56.8 Å². The molecular weight excluding hydrogens is 729 g/mol. The van der Waals surface area contributed by atoms with E-state index >= 15 is 0 Å². The fourth-order valence-corrected chi connectivity index (χ4v) is 6.83. The molecular formula is C42H74O12S. The molecule has 12 nitrogen and oxygen atoms in total. The summed E-state index contributed by atoms with van der Waals surface area (Å²) in [4.78, 5) is 25.3. The Balaban J connectivity index is 2.54. The second-order valence-electron chi connectivity index (χ2n) is 14.6. The van der Waals surface area contributed by atoms with E-state index in [1.54, 1.807) is 0 Å². The standard InChI is InChI=1S/C42H74O12S/c1-3-5-7-9-11-13-15-17-19-20-22-24-26-28-30-37(43)51-32-35(33-52-42-41(47)40(46)39(45)36(54-42)34-55(48,49)50)53-38(44)31-29-27-25-23-21-18-16-14-12-10-8-6-4-2/h18-21,25,27,35-36,39-42,45-47H,3-17,22-24,26,28-34H2,1-2H3,(H,48,49,50)/b20-19+,21-18+,27-25+/t35?,36-,39-,40?,41?,42+/m1/s1. The van der Waals surface area contributed by atoms with Gasteiger partial charge in [-0.2, -0.15) is 8.42 Å². The van der Waals surface area contributed by atoms with Crippen LogP contribution in [0.15, 0.2) is 36.5 Å². The lowest BCUT2D eigenvalue weighted by molar-refractivity contribution is -0.297. The van der Waals surface area contributed by atoms with Gasteiger partial charge >= 0.3 is 11.9 Å². The van der Waals surface area contributed by atoms with Gasteiger partial charge in [0.05, 0.1) is 6.61 Å². The van der Waals surface area contributed by atoms with Gasteiger partial charge in [-0.3, -0.25) is 14.1 Å². The largest absolute Gasteiger partial charge is 0.462 e. The molecule has 0 bridgehead atoms. The molecule has 0 aromatic carbocycles. The molecule has 4 N–H and O–H groups in total. The highest BCUT2D eigenvalue weighted by atomic mass is 32.2. The van der Waals surface area contributed by atoms with Crippen molar-refractivity contribution in [2.75, 3.05) is 19.0 Å². The second-order valence-corrected chi connectivity index (χ2v) is 16.1. The van der Waals surface area contributed by atoms with Crippen molar-refractivity contribution in [1.82, 2.24) is 0 Å². The summed E-state index contributed by atoms with van der Waals surface area (Å²) in [7, 11) is -4.61. The van der Waals surface area contributed by atoms with Gasteiger partial charge in [-0.25, -0.2) is 0 Å². The van der Waals surface area contributed by atoms with Crippen LogP contribution in [0.1, 0.15) is 162 Å². The average Bonchev–Trinajstić information content (AvgIpc) is 3.14. The quantitative estimate of drug-likeness (QED) is 0.0214. The smallest absolute Gasteiger partial charge is 0.306 e. The molecule has 0 aromatic heterocycles. The molecule has 1 aliphatic rings. The van der Waals surface area contributed by atoms with E-state index in [9.17, 15) is 37.9 Å². The number of ether oxygens (including phenoxy) is 4. The van der Waals surface area contributed by atoms with Crippen LogP contribution >= 0.6 is 0 Å². The SMILES string of the molecule is CCCCCCCC/C=C/C/C=C/CCC(=O)OC(COC(=O)CCCCC/C=C/CCCCCCCCC)CO[C@H]1O[C@H](CS(=O)(=O)O)[C@@H](O)C(O)C1O. The van der Waals surface area contributed by atoms with E-state index in [-0.39, 0.29) is 19.4 Å². The molecule has 0 amide bonds. The Labute approximate surface area is 331 Å². The van der Waals surface area contributed by atoms with Crippen molar-refractivity contribution in [3.63, 3.8) is 0 Å². The normalized spacial score (nSPS) is 21.2. The first kappa shape index (κ1) is 50.9. The third-order valence-electron chi connectivity index (χ3n) is 9.46. The molecule has 0 aromatic rings. The maximum absolute atomic E-state index is 12.7. The van der Waals surface area contributed by atoms with E-state index < -0.39 is 71.2 Å². The average molecular weight is 803 g/mol. The lowest BCUT2D eigenvalue weighted by Crippen LogP contribution is -2.60. The monoisotopic (exact) mass is 802 g/mol. The molecule has 1 saturated heterocycles. The molecule has 6 atom stereocenters. The van der Waals surface area contributed by atoms with Crippen LogP contribution in [0.5, 0.6) is 0 Å². The third kappa shape index (κ3) is 28.0. The van der Waals surface area contributed by atoms with Crippen molar-refractivity contribution in [2.45, 2.75) is 198 Å². The molecule has 0 saturated carbocycles. The van der Waals surface area contributed by atoms with E-state index in [0.717, 1.165) is 38.5 Å². The van der Waals surface area contributed by atoms with Crippen LogP contribution in [0.3, 0.4) is 0 Å². The van der Waals surface area contributed by atoms with E-state index in [1.165, 1.54) is 83.5 Å². The third-order valence-corrected chi connectivity index (χ3v) is 10.2. The van der Waals surface area contributed by atoms with Crippen LogP contribution in [-0.2, 0) is 38.7 Å². The van der Waals surface area contributed by atoms with Gasteiger partial charge in [0.15, 0.2) is 12.4 Å². The van der Waals surface area contributed by atoms with Crippen LogP contribution in [0.4, 0.5) is 0 Å². The molecule has 1 fully saturated rings. The summed E-state index contributed by atoms with van der Waals surface area (Å²) in [5.74, 6) is -2.09. The lowest BCUT2D eigenvalue weighted by atomic mass is 10.00. The van der Waals surface area contributed by atoms with E-state index in [0.29, 0.717) is 12.8 Å². The van der Waals surface area contributed by atoms with Crippen molar-refractivity contribution in [2.24, 2.45) is 0 Å². The van der Waals surface area contributed by atoms with Gasteiger partial charge < -0.3 is 34.3 Å². The van der Waals surface area contributed by atoms with Crippen LogP contribution in [0.25, 0.3) is 0 Å². The zero-order valence-corrected chi connectivity index (χ0v) is 34.6. The maximum atomic E-state index is 12.7. The highest BCUT2D eigenvalue weighted by molar-refractivity contribution is 7.85. The fourth-order valence-electron chi connectivity index (χ4n) is 6.13. The number of carbonyl (C=O) groups excluding carboxylic acids is 2. The minimum Gasteiger partial charge on any atom is -0.462 e. The number of hydrogen-bond donors (Lipinski definition) is 4. The van der Waals surface area contributed by atoms with Crippen molar-refractivity contribution in [3.05, 3.63) is 36.5 Å². The van der Waals surface area contributed by atoms with E-state index in [4.69, 9.17) is 18.9 Å². The van der Waals surface area contributed by atoms with Crippen LogP contribution in [-0.4, -0.2) is 96.0 Å². The first-order valence-corrected chi connectivity index (χ1v) is 22.7. The summed E-state index contributed by atoms with van der Waals surface area (Å²) in [6.45, 7) is 3.66. The van der Waals surface area contributed by atoms with Gasteiger partial charge in [0.2, 0.25) is 0 Å². The molecule has 320 valence electrons. The Bertz CT molecular complexity index is 1170. The van der Waals surface area contributed by atoms with Gasteiger partial charge in [0.25, 0.3) is 10.1 Å². The van der Waals surface area contributed by atoms with Crippen molar-refractivity contribution in [1.29, 1.82) is 0 Å². The van der Waals surface area contributed by atoms with Gasteiger partial charge in [0.1, 0.15) is 36.8 Å². The Morgan fingerprint density at radius 3 is 1.69 bits per heavy atom. The Kier molecular flexibility index (Phi) is 30.4. The molecule has 55 heavy (non-hydrogen) atoms. The zero-order chi connectivity index (χ0) is 40.6. The minimum atomic E-state index is -4.61. The Morgan fingerprint density at radius 1 is 0.618 bits per heavy atom. The Morgan fingerprint density at radius 2 is 1.13 bits per heavy atom. The first-order valence-electron chi connectivity index (χ1n) is 21.0. The summed E-state index contributed by atoms with van der Waals surface area (Å²) in [5, 5.41) is 30.8. The topological polar surface area (TPSA) is 186 Å². The minimum absolute atomic E-state index is 0.0554. The summed E-state index contributed by atoms with van der Waals surface area (Å²) in [5.41, 5.74) is 0. The van der Waals surface area contributed by atoms with Gasteiger partial charge in [-0.1, -0.05) is 127 Å². The van der Waals surface area contributed by atoms with Crippen LogP contribution in [0, 0.1) is 0 Å². The van der Waals surface area contributed by atoms with E-state index in [2.05, 4.69) is 38.2 Å². The predicted molar refractivity (Wildman–Crippen MR) is 215 cm³/mol. The van der Waals surface area contributed by atoms with Gasteiger partial charge in [-0.15, -0.1) is 0 Å². The lowest BCUT2D eigenvalue weighted by Gasteiger charge is -2.40. The number of unbranched alkanes of at least 4 members (excludes halogenated alkanes) is 16. The number of aliphatic hydroxyl groups is 3. The van der Waals surface area contributed by atoms with Crippen LogP contribution in [0.2, 0.25) is 0 Å². The van der Waals surface area contributed by atoms with Crippen molar-refractivity contribution in [3.8, 4) is 0 Å². The molecule has 0 radical (unpaired) electrons. The van der Waals surface area contributed by atoms with Crippen LogP contribution < -0.4 is 0 Å². The summed E-state index contributed by atoms with van der Waals surface area (Å²) < 4.78 is 53.8. The highest BCUT2D eigenvalue weighted by Gasteiger charge is 2.46. The number of hydrogen-bond acceptors (Lipinski definition) is 11. The molecule has 1 rings (SSSR count). The molecule has 3 unspecified atom stereocenters. The summed E-state index contributed by atoms with van der Waals surface area (Å²) in [6, 6.07) is 0. The van der Waals surface area contributed by atoms with Gasteiger partial charge in [0, 0.05) is 12.8 Å². The zero-order valence-electron chi connectivity index (χ0n) is 33.8. The van der Waals surface area contributed by atoms with Gasteiger partial charge in [-0.05, 0) is 57.8 Å². The maximum Gasteiger partial charge on any atom is 0.306 e. The second kappa shape index (κ2) is 32.9. The molecule has 1 aliphatic heterocycles. The number of esters is 2. The molecule has 0 spiro atoms. The number of aliphatic hydroxyl groups excluding tert-OH is 3. The number of rotatable bonds is 34. The number of allylic oxidation sites excluding steroid dienone is 6. The Hall–Kier alpha value is -2.13. The first-order chi connectivity index (χ1) is 26.5. The fraction of sp³-hybridized carbons (Fsp3) is 0.810. The highest BCUT2D eigenvalue weighted by Crippen LogP contribution is 2.24. The van der Waals surface area contributed by atoms with E-state index in [1.807, 2.05) is 12.2 Å². The van der Waals surface area contributed by atoms with Crippen molar-refractivity contribution >= 4 is 22.1 Å². The molecule has 0 aliphatic carbocycles. The summed E-state index contributed by atoms with van der Waals surface area (Å²) >= 11 is 0. The predicted octanol–water partition coefficient (Wildman–Crippen LogP) is 7.83. The molecule has 13 heteroatoms. The number of carbonyl (C=O) groups is 2. The molecule has 1 heterocycles.